The van der Waals surface area contributed by atoms with E-state index in [1.165, 1.54) is 0 Å². The van der Waals surface area contributed by atoms with Gasteiger partial charge < -0.3 is 10.1 Å². The number of ether oxygens (including phenoxy) is 1. The van der Waals surface area contributed by atoms with Gasteiger partial charge in [-0.1, -0.05) is 25.1 Å². The molecule has 108 valence electrons. The van der Waals surface area contributed by atoms with Crippen LogP contribution in [-0.4, -0.2) is 12.5 Å². The van der Waals surface area contributed by atoms with Gasteiger partial charge in [-0.05, 0) is 30.0 Å². The van der Waals surface area contributed by atoms with E-state index < -0.39 is 0 Å². The van der Waals surface area contributed by atoms with E-state index >= 15 is 0 Å². The number of hydrogen-bond acceptors (Lipinski definition) is 4. The van der Waals surface area contributed by atoms with Gasteiger partial charge in [0, 0.05) is 4.88 Å². The first-order valence-electron chi connectivity index (χ1n) is 6.69. The van der Waals surface area contributed by atoms with Crippen molar-refractivity contribution in [3.05, 3.63) is 52.2 Å². The van der Waals surface area contributed by atoms with E-state index in [-0.39, 0.29) is 18.6 Å². The molecule has 0 spiro atoms. The maximum absolute atomic E-state index is 12.0. The molecule has 0 aliphatic rings. The number of nitriles is 1. The van der Waals surface area contributed by atoms with Gasteiger partial charge in [-0.2, -0.15) is 5.26 Å². The number of nitrogens with zero attached hydrogens (tertiary/aromatic N) is 1. The Balaban J connectivity index is 1.92. The van der Waals surface area contributed by atoms with Crippen LogP contribution in [0.3, 0.4) is 0 Å². The molecule has 1 amide bonds. The molecule has 0 saturated heterocycles. The van der Waals surface area contributed by atoms with Crippen LogP contribution in [0.1, 0.15) is 29.8 Å². The summed E-state index contributed by atoms with van der Waals surface area (Å²) < 4.78 is 5.42. The van der Waals surface area contributed by atoms with Crippen LogP contribution >= 0.6 is 11.3 Å². The monoisotopic (exact) mass is 300 g/mol. The molecule has 21 heavy (non-hydrogen) atoms. The fourth-order valence-electron chi connectivity index (χ4n) is 1.93. The van der Waals surface area contributed by atoms with Crippen molar-refractivity contribution in [3.8, 4) is 11.8 Å². The molecule has 0 radical (unpaired) electrons. The molecule has 1 atom stereocenters. The molecule has 2 aromatic rings. The minimum Gasteiger partial charge on any atom is -0.482 e. The van der Waals surface area contributed by atoms with Crippen LogP contribution in [0.5, 0.6) is 5.75 Å². The SMILES string of the molecule is CCC(NC(=O)COc1ccccc1C#N)c1cccs1. The van der Waals surface area contributed by atoms with E-state index in [1.54, 1.807) is 35.6 Å². The molecule has 0 fully saturated rings. The van der Waals surface area contributed by atoms with Crippen molar-refractivity contribution in [2.45, 2.75) is 19.4 Å². The summed E-state index contributed by atoms with van der Waals surface area (Å²) in [4.78, 5) is 13.1. The zero-order valence-electron chi connectivity index (χ0n) is 11.7. The fourth-order valence-corrected chi connectivity index (χ4v) is 2.79. The normalized spacial score (nSPS) is 11.4. The summed E-state index contributed by atoms with van der Waals surface area (Å²) in [5.41, 5.74) is 0.426. The molecular formula is C16H16N2O2S. The van der Waals surface area contributed by atoms with Crippen molar-refractivity contribution in [2.24, 2.45) is 0 Å². The van der Waals surface area contributed by atoms with Crippen molar-refractivity contribution in [1.29, 1.82) is 5.26 Å². The summed E-state index contributed by atoms with van der Waals surface area (Å²) in [6, 6.07) is 12.9. The molecule has 0 saturated carbocycles. The Kier molecular flexibility index (Phi) is 5.35. The largest absolute Gasteiger partial charge is 0.482 e. The first-order chi connectivity index (χ1) is 10.2. The standard InChI is InChI=1S/C16H16N2O2S/c1-2-13(15-8-5-9-21-15)18-16(19)11-20-14-7-4-3-6-12(14)10-17/h3-9,13H,2,11H2,1H3,(H,18,19). The van der Waals surface area contributed by atoms with Crippen LogP contribution in [0, 0.1) is 11.3 Å². The summed E-state index contributed by atoms with van der Waals surface area (Å²) in [5.74, 6) is 0.238. The second-order valence-electron chi connectivity index (χ2n) is 4.44. The van der Waals surface area contributed by atoms with Gasteiger partial charge in [-0.3, -0.25) is 4.79 Å². The molecule has 1 aromatic carbocycles. The summed E-state index contributed by atoms with van der Waals surface area (Å²) in [6.07, 6.45) is 0.820. The van der Waals surface area contributed by atoms with Crippen molar-refractivity contribution in [2.75, 3.05) is 6.61 Å². The lowest BCUT2D eigenvalue weighted by molar-refractivity contribution is -0.123. The van der Waals surface area contributed by atoms with Crippen LogP contribution in [-0.2, 0) is 4.79 Å². The van der Waals surface area contributed by atoms with E-state index in [0.29, 0.717) is 11.3 Å². The number of hydrogen-bond donors (Lipinski definition) is 1. The number of rotatable bonds is 6. The highest BCUT2D eigenvalue weighted by molar-refractivity contribution is 7.10. The predicted octanol–water partition coefficient (Wildman–Crippen LogP) is 3.27. The van der Waals surface area contributed by atoms with Crippen LogP contribution in [0.4, 0.5) is 0 Å². The first-order valence-corrected chi connectivity index (χ1v) is 7.57. The van der Waals surface area contributed by atoms with Gasteiger partial charge in [0.25, 0.3) is 5.91 Å². The predicted molar refractivity (Wildman–Crippen MR) is 82.1 cm³/mol. The van der Waals surface area contributed by atoms with Gasteiger partial charge in [0.15, 0.2) is 6.61 Å². The lowest BCUT2D eigenvalue weighted by Crippen LogP contribution is -2.32. The summed E-state index contributed by atoms with van der Waals surface area (Å²) in [6.45, 7) is 1.93. The number of benzene rings is 1. The molecule has 4 nitrogen and oxygen atoms in total. The Hall–Kier alpha value is -2.32. The van der Waals surface area contributed by atoms with Crippen LogP contribution in [0.25, 0.3) is 0 Å². The Labute approximate surface area is 128 Å². The van der Waals surface area contributed by atoms with E-state index in [0.717, 1.165) is 11.3 Å². The van der Waals surface area contributed by atoms with Crippen molar-refractivity contribution in [1.82, 2.24) is 5.32 Å². The third kappa shape index (κ3) is 4.07. The average molecular weight is 300 g/mol. The topological polar surface area (TPSA) is 62.1 Å². The number of para-hydroxylation sites is 1. The Morgan fingerprint density at radius 2 is 2.19 bits per heavy atom. The Morgan fingerprint density at radius 1 is 1.38 bits per heavy atom. The molecule has 5 heteroatoms. The van der Waals surface area contributed by atoms with Crippen LogP contribution < -0.4 is 10.1 Å². The lowest BCUT2D eigenvalue weighted by atomic mass is 10.2. The van der Waals surface area contributed by atoms with E-state index in [4.69, 9.17) is 10.00 Å². The van der Waals surface area contributed by atoms with Crippen molar-refractivity contribution >= 4 is 17.2 Å². The summed E-state index contributed by atoms with van der Waals surface area (Å²) in [5, 5.41) is 13.9. The van der Waals surface area contributed by atoms with E-state index in [2.05, 4.69) is 5.32 Å². The molecule has 1 aromatic heterocycles. The first kappa shape index (κ1) is 15.1. The molecule has 1 unspecified atom stereocenters. The zero-order chi connectivity index (χ0) is 15.1. The average Bonchev–Trinajstić information content (AvgIpc) is 3.05. The van der Waals surface area contributed by atoms with Gasteiger partial charge in [-0.15, -0.1) is 11.3 Å². The molecule has 0 bridgehead atoms. The molecule has 0 aliphatic heterocycles. The number of thiophene rings is 1. The summed E-state index contributed by atoms with van der Waals surface area (Å²) in [7, 11) is 0. The zero-order valence-corrected chi connectivity index (χ0v) is 12.5. The smallest absolute Gasteiger partial charge is 0.258 e. The van der Waals surface area contributed by atoms with Gasteiger partial charge in [0.1, 0.15) is 11.8 Å². The van der Waals surface area contributed by atoms with Gasteiger partial charge in [-0.25, -0.2) is 0 Å². The number of carbonyl (C=O) groups excluding carboxylic acids is 1. The Bertz CT molecular complexity index is 632. The second-order valence-corrected chi connectivity index (χ2v) is 5.42. The molecule has 1 N–H and O–H groups in total. The minimum absolute atomic E-state index is 0.00677. The van der Waals surface area contributed by atoms with E-state index in [1.807, 2.05) is 30.5 Å². The highest BCUT2D eigenvalue weighted by Gasteiger charge is 2.14. The van der Waals surface area contributed by atoms with E-state index in [9.17, 15) is 4.79 Å². The highest BCUT2D eigenvalue weighted by Crippen LogP contribution is 2.21. The maximum atomic E-state index is 12.0. The van der Waals surface area contributed by atoms with Gasteiger partial charge in [0.2, 0.25) is 0 Å². The third-order valence-electron chi connectivity index (χ3n) is 3.00. The van der Waals surface area contributed by atoms with Crippen molar-refractivity contribution < 1.29 is 9.53 Å². The van der Waals surface area contributed by atoms with Gasteiger partial charge in [0.05, 0.1) is 11.6 Å². The summed E-state index contributed by atoms with van der Waals surface area (Å²) >= 11 is 1.62. The molecular weight excluding hydrogens is 284 g/mol. The molecule has 1 heterocycles. The quantitative estimate of drug-likeness (QED) is 0.890. The number of nitrogens with one attached hydrogen (secondary N) is 1. The van der Waals surface area contributed by atoms with Crippen LogP contribution in [0.2, 0.25) is 0 Å². The maximum Gasteiger partial charge on any atom is 0.258 e. The second kappa shape index (κ2) is 7.46. The Morgan fingerprint density at radius 3 is 2.86 bits per heavy atom. The van der Waals surface area contributed by atoms with Crippen LogP contribution in [0.15, 0.2) is 41.8 Å². The van der Waals surface area contributed by atoms with Gasteiger partial charge >= 0.3 is 0 Å². The van der Waals surface area contributed by atoms with Crippen molar-refractivity contribution in [3.63, 3.8) is 0 Å². The third-order valence-corrected chi connectivity index (χ3v) is 3.98. The minimum atomic E-state index is -0.192. The number of carbonyl (C=O) groups is 1. The fraction of sp³-hybridized carbons (Fsp3) is 0.250. The lowest BCUT2D eigenvalue weighted by Gasteiger charge is -2.16. The molecule has 2 rings (SSSR count). The highest BCUT2D eigenvalue weighted by atomic mass is 32.1. The molecule has 0 aliphatic carbocycles. The number of amides is 1.